The standard InChI is InChI=1S/C25H30F2N4O2/c26-20-9-11-30(14-20)16-24(32)28-22-5-1-18(2-6-22)13-19-3-7-23(8-4-19)29-25(33)17-31-12-10-21(27)15-31/h1-8,20-21H,9-17H2,(H,28,32)(H,29,33)/t20-,21-/m1/s1. The molecule has 2 aromatic rings. The van der Waals surface area contributed by atoms with Crippen LogP contribution in [0.2, 0.25) is 0 Å². The molecule has 0 saturated carbocycles. The lowest BCUT2D eigenvalue weighted by Gasteiger charge is -2.14. The molecule has 33 heavy (non-hydrogen) atoms. The number of carbonyl (C=O) groups excluding carboxylic acids is 2. The van der Waals surface area contributed by atoms with Crippen LogP contribution in [0.3, 0.4) is 0 Å². The number of alkyl halides is 2. The zero-order valence-electron chi connectivity index (χ0n) is 18.6. The van der Waals surface area contributed by atoms with Crippen LogP contribution in [0.5, 0.6) is 0 Å². The molecular formula is C25H30F2N4O2. The molecule has 2 aliphatic heterocycles. The smallest absolute Gasteiger partial charge is 0.238 e. The van der Waals surface area contributed by atoms with Gasteiger partial charge in [0, 0.05) is 37.6 Å². The predicted octanol–water partition coefficient (Wildman–Crippen LogP) is 3.24. The Bertz CT molecular complexity index is 874. The van der Waals surface area contributed by atoms with Crippen LogP contribution in [-0.4, -0.2) is 73.2 Å². The first-order chi connectivity index (χ1) is 15.9. The minimum Gasteiger partial charge on any atom is -0.325 e. The summed E-state index contributed by atoms with van der Waals surface area (Å²) in [4.78, 5) is 27.9. The molecule has 0 bridgehead atoms. The highest BCUT2D eigenvalue weighted by atomic mass is 19.1. The summed E-state index contributed by atoms with van der Waals surface area (Å²) in [5.74, 6) is -0.271. The van der Waals surface area contributed by atoms with E-state index in [0.29, 0.717) is 39.0 Å². The van der Waals surface area contributed by atoms with Gasteiger partial charge >= 0.3 is 0 Å². The lowest BCUT2D eigenvalue weighted by molar-refractivity contribution is -0.117. The molecule has 2 heterocycles. The number of amides is 2. The second kappa shape index (κ2) is 10.9. The fourth-order valence-electron chi connectivity index (χ4n) is 4.31. The van der Waals surface area contributed by atoms with Gasteiger partial charge in [-0.25, -0.2) is 8.78 Å². The SMILES string of the molecule is O=C(CN1CC[C@@H](F)C1)Nc1ccc(Cc2ccc(NC(=O)CN3CC[C@@H](F)C3)cc2)cc1. The molecule has 2 N–H and O–H groups in total. The summed E-state index contributed by atoms with van der Waals surface area (Å²) in [6, 6.07) is 15.3. The third kappa shape index (κ3) is 7.07. The van der Waals surface area contributed by atoms with Crippen molar-refractivity contribution in [2.24, 2.45) is 0 Å². The molecule has 8 heteroatoms. The minimum absolute atomic E-state index is 0.135. The average molecular weight is 457 g/mol. The second-order valence-corrected chi connectivity index (χ2v) is 8.91. The lowest BCUT2D eigenvalue weighted by Crippen LogP contribution is -2.31. The van der Waals surface area contributed by atoms with Gasteiger partial charge in [-0.2, -0.15) is 0 Å². The topological polar surface area (TPSA) is 64.7 Å². The molecule has 176 valence electrons. The van der Waals surface area contributed by atoms with Crippen molar-refractivity contribution in [2.45, 2.75) is 31.6 Å². The summed E-state index contributed by atoms with van der Waals surface area (Å²) in [5.41, 5.74) is 3.63. The number of benzene rings is 2. The van der Waals surface area contributed by atoms with Crippen LogP contribution in [0.4, 0.5) is 20.2 Å². The van der Waals surface area contributed by atoms with Gasteiger partial charge in [0.2, 0.25) is 11.8 Å². The summed E-state index contributed by atoms with van der Waals surface area (Å²) in [5, 5.41) is 5.72. The lowest BCUT2D eigenvalue weighted by atomic mass is 10.0. The Morgan fingerprint density at radius 3 is 1.45 bits per heavy atom. The van der Waals surface area contributed by atoms with Crippen molar-refractivity contribution >= 4 is 23.2 Å². The molecular weight excluding hydrogens is 426 g/mol. The first kappa shape index (κ1) is 23.3. The maximum Gasteiger partial charge on any atom is 0.238 e. The summed E-state index contributed by atoms with van der Waals surface area (Å²) < 4.78 is 26.5. The second-order valence-electron chi connectivity index (χ2n) is 8.91. The van der Waals surface area contributed by atoms with Gasteiger partial charge in [0.25, 0.3) is 0 Å². The van der Waals surface area contributed by atoms with E-state index in [1.807, 2.05) is 58.3 Å². The number of hydrogen-bond donors (Lipinski definition) is 2. The van der Waals surface area contributed by atoms with E-state index in [4.69, 9.17) is 0 Å². The van der Waals surface area contributed by atoms with Gasteiger partial charge in [-0.15, -0.1) is 0 Å². The van der Waals surface area contributed by atoms with Crippen molar-refractivity contribution in [1.29, 1.82) is 0 Å². The Hall–Kier alpha value is -2.84. The number of rotatable bonds is 8. The largest absolute Gasteiger partial charge is 0.325 e. The first-order valence-corrected chi connectivity index (χ1v) is 11.4. The molecule has 0 radical (unpaired) electrons. The van der Waals surface area contributed by atoms with Crippen molar-refractivity contribution in [3.8, 4) is 0 Å². The van der Waals surface area contributed by atoms with Crippen LogP contribution in [0, 0.1) is 0 Å². The van der Waals surface area contributed by atoms with E-state index in [9.17, 15) is 18.4 Å². The van der Waals surface area contributed by atoms with Crippen LogP contribution in [-0.2, 0) is 16.0 Å². The molecule has 2 aliphatic rings. The van der Waals surface area contributed by atoms with Crippen LogP contribution in [0.1, 0.15) is 24.0 Å². The Morgan fingerprint density at radius 1 is 0.727 bits per heavy atom. The van der Waals surface area contributed by atoms with Crippen molar-refractivity contribution in [1.82, 2.24) is 9.80 Å². The Balaban J connectivity index is 1.22. The molecule has 2 aromatic carbocycles. The van der Waals surface area contributed by atoms with Gasteiger partial charge in [-0.1, -0.05) is 24.3 Å². The highest BCUT2D eigenvalue weighted by Gasteiger charge is 2.24. The number of carbonyl (C=O) groups is 2. The predicted molar refractivity (Wildman–Crippen MR) is 125 cm³/mol. The normalized spacial score (nSPS) is 21.3. The summed E-state index contributed by atoms with van der Waals surface area (Å²) in [6.45, 7) is 2.31. The van der Waals surface area contributed by atoms with E-state index >= 15 is 0 Å². The Morgan fingerprint density at radius 2 is 1.12 bits per heavy atom. The van der Waals surface area contributed by atoms with Crippen molar-refractivity contribution in [3.05, 3.63) is 59.7 Å². The first-order valence-electron chi connectivity index (χ1n) is 11.4. The van der Waals surface area contributed by atoms with Crippen molar-refractivity contribution in [2.75, 3.05) is 49.9 Å². The van der Waals surface area contributed by atoms with Crippen LogP contribution >= 0.6 is 0 Å². The molecule has 2 amide bonds. The van der Waals surface area contributed by atoms with Gasteiger partial charge in [0.05, 0.1) is 13.1 Å². The Labute approximate surface area is 192 Å². The number of nitrogens with one attached hydrogen (secondary N) is 2. The molecule has 0 aromatic heterocycles. The average Bonchev–Trinajstić information content (AvgIpc) is 3.38. The van der Waals surface area contributed by atoms with Crippen LogP contribution < -0.4 is 10.6 Å². The number of halogens is 2. The van der Waals surface area contributed by atoms with Crippen LogP contribution in [0.15, 0.2) is 48.5 Å². The number of anilines is 2. The molecule has 0 spiro atoms. The number of likely N-dealkylation sites (tertiary alicyclic amines) is 2. The summed E-state index contributed by atoms with van der Waals surface area (Å²) in [7, 11) is 0. The molecule has 0 unspecified atom stereocenters. The molecule has 4 rings (SSSR count). The van der Waals surface area contributed by atoms with Gasteiger partial charge < -0.3 is 10.6 Å². The molecule has 2 atom stereocenters. The highest BCUT2D eigenvalue weighted by molar-refractivity contribution is 5.92. The van der Waals surface area contributed by atoms with Crippen molar-refractivity contribution in [3.63, 3.8) is 0 Å². The Kier molecular flexibility index (Phi) is 7.67. The van der Waals surface area contributed by atoms with Gasteiger partial charge in [0.1, 0.15) is 12.3 Å². The van der Waals surface area contributed by atoms with E-state index in [1.165, 1.54) is 0 Å². The van der Waals surface area contributed by atoms with E-state index < -0.39 is 12.3 Å². The van der Waals surface area contributed by atoms with E-state index in [2.05, 4.69) is 10.6 Å². The van der Waals surface area contributed by atoms with Crippen LogP contribution in [0.25, 0.3) is 0 Å². The number of hydrogen-bond acceptors (Lipinski definition) is 4. The van der Waals surface area contributed by atoms with Crippen molar-refractivity contribution < 1.29 is 18.4 Å². The summed E-state index contributed by atoms with van der Waals surface area (Å²) >= 11 is 0. The fraction of sp³-hybridized carbons (Fsp3) is 0.440. The monoisotopic (exact) mass is 456 g/mol. The maximum absolute atomic E-state index is 13.2. The van der Waals surface area contributed by atoms with E-state index in [-0.39, 0.29) is 24.9 Å². The maximum atomic E-state index is 13.2. The molecule has 2 fully saturated rings. The third-order valence-corrected chi connectivity index (χ3v) is 6.05. The molecule has 0 aliphatic carbocycles. The number of nitrogens with zero attached hydrogens (tertiary/aromatic N) is 2. The third-order valence-electron chi connectivity index (χ3n) is 6.05. The van der Waals surface area contributed by atoms with Gasteiger partial charge in [-0.3, -0.25) is 19.4 Å². The van der Waals surface area contributed by atoms with Gasteiger partial charge in [0.15, 0.2) is 0 Å². The van der Waals surface area contributed by atoms with E-state index in [0.717, 1.165) is 28.9 Å². The van der Waals surface area contributed by atoms with Gasteiger partial charge in [-0.05, 0) is 54.7 Å². The zero-order chi connectivity index (χ0) is 23.2. The fourth-order valence-corrected chi connectivity index (χ4v) is 4.31. The summed E-state index contributed by atoms with van der Waals surface area (Å²) in [6.07, 6.45) is 0.0503. The molecule has 6 nitrogen and oxygen atoms in total. The van der Waals surface area contributed by atoms with E-state index in [1.54, 1.807) is 0 Å². The quantitative estimate of drug-likeness (QED) is 0.640. The highest BCUT2D eigenvalue weighted by Crippen LogP contribution is 2.17. The zero-order valence-corrected chi connectivity index (χ0v) is 18.6. The molecule has 2 saturated heterocycles. The minimum atomic E-state index is -0.831.